The van der Waals surface area contributed by atoms with Crippen molar-refractivity contribution in [1.29, 1.82) is 0 Å². The zero-order valence-corrected chi connectivity index (χ0v) is 14.7. The van der Waals surface area contributed by atoms with Crippen LogP contribution in [0.4, 0.5) is 0 Å². The summed E-state index contributed by atoms with van der Waals surface area (Å²) in [6.07, 6.45) is 6.29. The molecule has 2 saturated heterocycles. The predicted octanol–water partition coefficient (Wildman–Crippen LogP) is 3.48. The minimum absolute atomic E-state index is 0.296. The van der Waals surface area contributed by atoms with Crippen LogP contribution in [0, 0.1) is 0 Å². The summed E-state index contributed by atoms with van der Waals surface area (Å²) in [5, 5.41) is 3.65. The topological polar surface area (TPSA) is 32.3 Å². The number of nitrogens with zero attached hydrogens (tertiary/aromatic N) is 1. The van der Waals surface area contributed by atoms with Crippen molar-refractivity contribution in [3.05, 3.63) is 35.4 Å². The second-order valence-electron chi connectivity index (χ2n) is 7.66. The first-order valence-electron chi connectivity index (χ1n) is 9.13. The molecule has 2 heterocycles. The maximum atomic E-state index is 12.5. The first kappa shape index (κ1) is 16.5. The van der Waals surface area contributed by atoms with Gasteiger partial charge in [-0.1, -0.05) is 38.1 Å². The zero-order valence-electron chi connectivity index (χ0n) is 14.7. The van der Waals surface area contributed by atoms with Crippen LogP contribution in [0.25, 0.3) is 0 Å². The number of carbonyl (C=O) groups excluding carboxylic acids is 1. The lowest BCUT2D eigenvalue weighted by atomic mass is 9.97. The van der Waals surface area contributed by atoms with Gasteiger partial charge in [-0.3, -0.25) is 4.79 Å². The van der Waals surface area contributed by atoms with Crippen LogP contribution in [0.2, 0.25) is 0 Å². The van der Waals surface area contributed by atoms with Crippen molar-refractivity contribution in [2.45, 2.75) is 76.4 Å². The molecule has 126 valence electrons. The molecule has 0 aliphatic carbocycles. The average Bonchev–Trinajstić information content (AvgIpc) is 2.90. The number of hydrogen-bond donors (Lipinski definition) is 1. The molecule has 23 heavy (non-hydrogen) atoms. The fourth-order valence-corrected chi connectivity index (χ4v) is 4.04. The van der Waals surface area contributed by atoms with Gasteiger partial charge in [-0.05, 0) is 49.1 Å². The first-order chi connectivity index (χ1) is 11.0. The molecule has 2 fully saturated rings. The standard InChI is InChI=1S/C20H30N2O/c1-14(2)16-7-4-15(5-8-16)6-11-20(23)22(3)19-12-17-9-10-18(13-19)21-17/h4-5,7-8,14,17-19,21H,6,9-13H2,1-3H3. The van der Waals surface area contributed by atoms with Crippen LogP contribution >= 0.6 is 0 Å². The van der Waals surface area contributed by atoms with Crippen molar-refractivity contribution in [3.63, 3.8) is 0 Å². The van der Waals surface area contributed by atoms with Gasteiger partial charge in [-0.15, -0.1) is 0 Å². The van der Waals surface area contributed by atoms with Crippen LogP contribution < -0.4 is 5.32 Å². The van der Waals surface area contributed by atoms with E-state index in [0.29, 0.717) is 36.4 Å². The molecule has 3 rings (SSSR count). The van der Waals surface area contributed by atoms with Crippen molar-refractivity contribution in [2.75, 3.05) is 7.05 Å². The number of amides is 1. The minimum atomic E-state index is 0.296. The number of fused-ring (bicyclic) bond motifs is 2. The highest BCUT2D eigenvalue weighted by Gasteiger charge is 2.36. The highest BCUT2D eigenvalue weighted by Crippen LogP contribution is 2.29. The Labute approximate surface area is 140 Å². The maximum Gasteiger partial charge on any atom is 0.222 e. The van der Waals surface area contributed by atoms with Crippen LogP contribution in [0.3, 0.4) is 0 Å². The SMILES string of the molecule is CC(C)c1ccc(CCC(=O)N(C)C2CC3CCC(C2)N3)cc1. The summed E-state index contributed by atoms with van der Waals surface area (Å²) < 4.78 is 0. The molecule has 0 spiro atoms. The van der Waals surface area contributed by atoms with Crippen LogP contribution in [-0.2, 0) is 11.2 Å². The summed E-state index contributed by atoms with van der Waals surface area (Å²) in [5.41, 5.74) is 2.63. The van der Waals surface area contributed by atoms with E-state index in [2.05, 4.69) is 43.4 Å². The van der Waals surface area contributed by atoms with Gasteiger partial charge < -0.3 is 10.2 Å². The molecule has 0 saturated carbocycles. The molecule has 1 N–H and O–H groups in total. The molecule has 3 heteroatoms. The lowest BCUT2D eigenvalue weighted by molar-refractivity contribution is -0.132. The summed E-state index contributed by atoms with van der Waals surface area (Å²) >= 11 is 0. The summed E-state index contributed by atoms with van der Waals surface area (Å²) in [6, 6.07) is 10.4. The highest BCUT2D eigenvalue weighted by molar-refractivity contribution is 5.76. The van der Waals surface area contributed by atoms with Gasteiger partial charge in [0.1, 0.15) is 0 Å². The Balaban J connectivity index is 1.50. The Bertz CT molecular complexity index is 525. The minimum Gasteiger partial charge on any atom is -0.343 e. The number of piperidine rings is 1. The number of benzene rings is 1. The fourth-order valence-electron chi connectivity index (χ4n) is 4.04. The van der Waals surface area contributed by atoms with E-state index < -0.39 is 0 Å². The molecular weight excluding hydrogens is 284 g/mol. The van der Waals surface area contributed by atoms with Crippen molar-refractivity contribution >= 4 is 5.91 Å². The Kier molecular flexibility index (Phi) is 5.05. The van der Waals surface area contributed by atoms with Crippen LogP contribution in [-0.4, -0.2) is 36.0 Å². The lowest BCUT2D eigenvalue weighted by Crippen LogP contribution is -2.48. The molecular formula is C20H30N2O. The third kappa shape index (κ3) is 3.95. The van der Waals surface area contributed by atoms with Crippen molar-refractivity contribution in [3.8, 4) is 0 Å². The van der Waals surface area contributed by atoms with E-state index in [4.69, 9.17) is 0 Å². The monoisotopic (exact) mass is 314 g/mol. The number of carbonyl (C=O) groups is 1. The van der Waals surface area contributed by atoms with Crippen molar-refractivity contribution in [2.24, 2.45) is 0 Å². The van der Waals surface area contributed by atoms with Gasteiger partial charge in [0.05, 0.1) is 0 Å². The molecule has 1 aromatic carbocycles. The van der Waals surface area contributed by atoms with Gasteiger partial charge in [0.2, 0.25) is 5.91 Å². The first-order valence-corrected chi connectivity index (χ1v) is 9.13. The molecule has 0 aromatic heterocycles. The highest BCUT2D eigenvalue weighted by atomic mass is 16.2. The van der Waals surface area contributed by atoms with Crippen molar-refractivity contribution in [1.82, 2.24) is 10.2 Å². The van der Waals surface area contributed by atoms with Crippen LogP contribution in [0.5, 0.6) is 0 Å². The number of rotatable bonds is 5. The van der Waals surface area contributed by atoms with Gasteiger partial charge in [-0.2, -0.15) is 0 Å². The van der Waals surface area contributed by atoms with E-state index in [1.165, 1.54) is 24.0 Å². The Hall–Kier alpha value is -1.35. The molecule has 2 unspecified atom stereocenters. The Morgan fingerprint density at radius 1 is 1.17 bits per heavy atom. The van der Waals surface area contributed by atoms with E-state index in [0.717, 1.165) is 19.3 Å². The van der Waals surface area contributed by atoms with Gasteiger partial charge >= 0.3 is 0 Å². The second-order valence-corrected chi connectivity index (χ2v) is 7.66. The molecule has 1 amide bonds. The molecule has 2 aliphatic rings. The normalized spacial score (nSPS) is 26.5. The van der Waals surface area contributed by atoms with E-state index in [1.54, 1.807) is 0 Å². The molecule has 2 bridgehead atoms. The third-order valence-corrected chi connectivity index (χ3v) is 5.66. The van der Waals surface area contributed by atoms with Crippen molar-refractivity contribution < 1.29 is 4.79 Å². The smallest absolute Gasteiger partial charge is 0.222 e. The molecule has 3 nitrogen and oxygen atoms in total. The van der Waals surface area contributed by atoms with E-state index in [9.17, 15) is 4.79 Å². The number of aryl methyl sites for hydroxylation is 1. The number of nitrogens with one attached hydrogen (secondary N) is 1. The Morgan fingerprint density at radius 3 is 2.35 bits per heavy atom. The van der Waals surface area contributed by atoms with E-state index in [-0.39, 0.29) is 0 Å². The summed E-state index contributed by atoms with van der Waals surface area (Å²) in [4.78, 5) is 14.6. The molecule has 2 atom stereocenters. The number of hydrogen-bond acceptors (Lipinski definition) is 2. The summed E-state index contributed by atoms with van der Waals surface area (Å²) in [5.74, 6) is 0.858. The third-order valence-electron chi connectivity index (χ3n) is 5.66. The van der Waals surface area contributed by atoms with E-state index in [1.807, 2.05) is 11.9 Å². The van der Waals surface area contributed by atoms with Crippen LogP contribution in [0.15, 0.2) is 24.3 Å². The summed E-state index contributed by atoms with van der Waals surface area (Å²) in [7, 11) is 2.00. The van der Waals surface area contributed by atoms with Gasteiger partial charge in [-0.25, -0.2) is 0 Å². The van der Waals surface area contributed by atoms with E-state index >= 15 is 0 Å². The maximum absolute atomic E-state index is 12.5. The fraction of sp³-hybridized carbons (Fsp3) is 0.650. The second kappa shape index (κ2) is 7.04. The largest absolute Gasteiger partial charge is 0.343 e. The van der Waals surface area contributed by atoms with Gasteiger partial charge in [0.25, 0.3) is 0 Å². The lowest BCUT2D eigenvalue weighted by Gasteiger charge is -2.35. The molecule has 1 aromatic rings. The Morgan fingerprint density at radius 2 is 1.78 bits per heavy atom. The van der Waals surface area contributed by atoms with Gasteiger partial charge in [0, 0.05) is 31.6 Å². The molecule has 0 radical (unpaired) electrons. The quantitative estimate of drug-likeness (QED) is 0.902. The van der Waals surface area contributed by atoms with Crippen LogP contribution in [0.1, 0.15) is 63.0 Å². The predicted molar refractivity (Wildman–Crippen MR) is 94.6 cm³/mol. The van der Waals surface area contributed by atoms with Gasteiger partial charge in [0.15, 0.2) is 0 Å². The molecule has 2 aliphatic heterocycles. The zero-order chi connectivity index (χ0) is 16.4. The average molecular weight is 314 g/mol. The summed E-state index contributed by atoms with van der Waals surface area (Å²) in [6.45, 7) is 4.42.